The van der Waals surface area contributed by atoms with Crippen LogP contribution in [0.5, 0.6) is 0 Å². The average Bonchev–Trinajstić information content (AvgIpc) is 0.985. The van der Waals surface area contributed by atoms with Crippen molar-refractivity contribution in [3.05, 3.63) is 134 Å². The first kappa shape index (κ1) is 95.2. The van der Waals surface area contributed by atoms with Gasteiger partial charge in [-0.05, 0) is 122 Å². The lowest BCUT2D eigenvalue weighted by atomic mass is 10.1. The Morgan fingerprint density at radius 1 is 0.300 bits per heavy atom. The second-order valence-corrected chi connectivity index (χ2v) is 28.1. The van der Waals surface area contributed by atoms with E-state index in [1.165, 1.54) is 77.0 Å². The summed E-state index contributed by atoms with van der Waals surface area (Å²) < 4.78 is 68.3. The van der Waals surface area contributed by atoms with Gasteiger partial charge >= 0.3 is 39.5 Å². The predicted molar refractivity (Wildman–Crippen MR) is 408 cm³/mol. The third-order valence-electron chi connectivity index (χ3n) is 15.6. The quantitative estimate of drug-likeness (QED) is 0.0169. The highest BCUT2D eigenvalue weighted by Gasteiger charge is 2.30. The Bertz CT molecular complexity index is 2420. The summed E-state index contributed by atoms with van der Waals surface area (Å²) in [6.45, 7) is 4.47. The molecular weight excluding hydrogens is 1310 g/mol. The van der Waals surface area contributed by atoms with Crippen LogP contribution < -0.4 is 0 Å². The van der Waals surface area contributed by atoms with Gasteiger partial charge in [0.1, 0.15) is 19.3 Å². The molecular formula is C81H136O17P2. The van der Waals surface area contributed by atoms with Crippen LogP contribution in [-0.2, 0) is 65.4 Å². The van der Waals surface area contributed by atoms with E-state index in [0.717, 1.165) is 141 Å². The number of carbonyl (C=O) groups is 4. The number of esters is 4. The molecule has 3 N–H and O–H groups in total. The number of hydrogen-bond acceptors (Lipinski definition) is 15. The van der Waals surface area contributed by atoms with E-state index < -0.39 is 97.5 Å². The van der Waals surface area contributed by atoms with Gasteiger partial charge in [0, 0.05) is 19.3 Å². The van der Waals surface area contributed by atoms with Gasteiger partial charge in [-0.3, -0.25) is 37.3 Å². The van der Waals surface area contributed by atoms with Crippen LogP contribution in [0, 0.1) is 0 Å². The van der Waals surface area contributed by atoms with Crippen LogP contribution in [0.1, 0.15) is 297 Å². The van der Waals surface area contributed by atoms with Crippen LogP contribution in [0.2, 0.25) is 0 Å². The zero-order valence-corrected chi connectivity index (χ0v) is 64.1. The van der Waals surface area contributed by atoms with E-state index in [-0.39, 0.29) is 25.7 Å². The molecule has 0 aromatic rings. The average molecular weight is 1440 g/mol. The van der Waals surface area contributed by atoms with Gasteiger partial charge in [0.05, 0.1) is 32.8 Å². The number of phosphoric acid groups is 2. The smallest absolute Gasteiger partial charge is 0.462 e. The highest BCUT2D eigenvalue weighted by atomic mass is 31.2. The molecule has 0 rings (SSSR count). The first-order chi connectivity index (χ1) is 48.7. The van der Waals surface area contributed by atoms with E-state index in [4.69, 9.17) is 37.0 Å². The predicted octanol–water partition coefficient (Wildman–Crippen LogP) is 22.1. The summed E-state index contributed by atoms with van der Waals surface area (Å²) in [4.78, 5) is 72.8. The van der Waals surface area contributed by atoms with E-state index in [1.807, 2.05) is 12.2 Å². The molecule has 0 aliphatic heterocycles. The number of ether oxygens (including phenoxy) is 4. The number of rotatable bonds is 71. The lowest BCUT2D eigenvalue weighted by Crippen LogP contribution is -2.30. The molecule has 0 aromatic carbocycles. The Morgan fingerprint density at radius 3 is 0.910 bits per heavy atom. The number of aliphatic hydroxyl groups is 1. The van der Waals surface area contributed by atoms with Crippen molar-refractivity contribution >= 4 is 39.5 Å². The molecule has 0 fully saturated rings. The summed E-state index contributed by atoms with van der Waals surface area (Å²) in [7, 11) is -9.99. The zero-order chi connectivity index (χ0) is 73.2. The van der Waals surface area contributed by atoms with E-state index in [0.29, 0.717) is 25.7 Å². The van der Waals surface area contributed by atoms with Gasteiger partial charge in [0.2, 0.25) is 0 Å². The first-order valence-electron chi connectivity index (χ1n) is 38.4. The van der Waals surface area contributed by atoms with Gasteiger partial charge in [-0.2, -0.15) is 0 Å². The molecule has 0 amide bonds. The molecule has 0 aliphatic rings. The maximum atomic E-state index is 13.1. The van der Waals surface area contributed by atoms with E-state index in [2.05, 4.69) is 137 Å². The summed E-state index contributed by atoms with van der Waals surface area (Å²) in [5.41, 5.74) is 0. The standard InChI is InChI=1S/C81H136O17P2/c1-5-9-13-17-21-25-29-32-35-36-37-38-41-43-47-50-54-58-62-66-79(84)92-72-77(98-81(86)68-64-60-56-52-48-44-40-34-31-27-23-19-15-11-7-3)74-96-100(89,90)94-70-75(82)69-93-99(87,88)95-73-76(97-80(85)67-63-59-55-51-45-28-24-20-16-12-8-4)71-91-78(83)65-61-57-53-49-46-42-39-33-30-26-22-18-14-10-6-2/h9,11,13,15,21,23,25,27,32-35,37-40,43,47-48,52,60,64,75-77,82H,5-8,10,12,14,16-20,22,24,26,28-31,36,41-42,44-46,49-51,53-59,61-63,65-74H2,1-4H3,(H,87,88)(H,89,90)/b13-9-,15-11-,25-21-,27-23-,35-32-,38-37-,39-33-,40-34-,47-43-,52-48-,64-60-. The van der Waals surface area contributed by atoms with Gasteiger partial charge in [-0.15, -0.1) is 0 Å². The molecule has 0 spiro atoms. The van der Waals surface area contributed by atoms with Crippen molar-refractivity contribution in [2.24, 2.45) is 0 Å². The number of aliphatic hydroxyl groups excluding tert-OH is 1. The maximum absolute atomic E-state index is 13.1. The van der Waals surface area contributed by atoms with Crippen LogP contribution in [0.15, 0.2) is 134 Å². The lowest BCUT2D eigenvalue weighted by molar-refractivity contribution is -0.161. The van der Waals surface area contributed by atoms with Gasteiger partial charge in [0.15, 0.2) is 12.2 Å². The van der Waals surface area contributed by atoms with Crippen LogP contribution in [0.3, 0.4) is 0 Å². The van der Waals surface area contributed by atoms with Crippen molar-refractivity contribution in [3.63, 3.8) is 0 Å². The summed E-state index contributed by atoms with van der Waals surface area (Å²) in [6.07, 6.45) is 80.5. The third-order valence-corrected chi connectivity index (χ3v) is 17.5. The Kier molecular flexibility index (Phi) is 69.1. The Hall–Kier alpha value is -4.80. The fourth-order valence-electron chi connectivity index (χ4n) is 9.85. The van der Waals surface area contributed by atoms with Crippen LogP contribution >= 0.6 is 15.6 Å². The lowest BCUT2D eigenvalue weighted by Gasteiger charge is -2.21. The van der Waals surface area contributed by atoms with Crippen molar-refractivity contribution in [1.29, 1.82) is 0 Å². The minimum absolute atomic E-state index is 0.0909. The zero-order valence-electron chi connectivity index (χ0n) is 62.3. The fourth-order valence-corrected chi connectivity index (χ4v) is 11.4. The number of hydrogen-bond donors (Lipinski definition) is 3. The van der Waals surface area contributed by atoms with Crippen molar-refractivity contribution in [2.75, 3.05) is 39.6 Å². The van der Waals surface area contributed by atoms with E-state index in [9.17, 15) is 43.2 Å². The number of phosphoric ester groups is 2. The summed E-state index contributed by atoms with van der Waals surface area (Å²) in [6, 6.07) is 0. The van der Waals surface area contributed by atoms with Crippen LogP contribution in [0.4, 0.5) is 0 Å². The van der Waals surface area contributed by atoms with Gasteiger partial charge in [-0.25, -0.2) is 9.13 Å². The Balaban J connectivity index is 5.43. The summed E-state index contributed by atoms with van der Waals surface area (Å²) >= 11 is 0. The van der Waals surface area contributed by atoms with Crippen molar-refractivity contribution < 1.29 is 80.2 Å². The molecule has 17 nitrogen and oxygen atoms in total. The maximum Gasteiger partial charge on any atom is 0.472 e. The topological polar surface area (TPSA) is 237 Å². The molecule has 0 saturated heterocycles. The molecule has 5 unspecified atom stereocenters. The highest BCUT2D eigenvalue weighted by Crippen LogP contribution is 2.45. The van der Waals surface area contributed by atoms with E-state index in [1.54, 1.807) is 12.2 Å². The molecule has 0 aromatic heterocycles. The number of allylic oxidation sites excluding steroid dienone is 21. The molecule has 0 saturated carbocycles. The minimum Gasteiger partial charge on any atom is -0.462 e. The molecule has 19 heteroatoms. The second kappa shape index (κ2) is 72.5. The summed E-state index contributed by atoms with van der Waals surface area (Å²) in [5.74, 6) is -2.37. The number of unbranched alkanes of at least 4 members (excludes halogenated alkanes) is 24. The molecule has 572 valence electrons. The Morgan fingerprint density at radius 2 is 0.560 bits per heavy atom. The summed E-state index contributed by atoms with van der Waals surface area (Å²) in [5, 5.41) is 10.6. The minimum atomic E-state index is -5.01. The SMILES string of the molecule is CC/C=C\C/C=C\C/C=C\C/C=C\C/C=C\CCCCCC(=O)OCC(COP(=O)(O)OCC(O)COP(=O)(O)OCC(COC(=O)CCCCCCC/C=C\CCCCCCCC)OC(=O)CCCCCCCCCCCCC)OC(=O)C/C=C\C/C=C\C/C=C\C/C=C\C/C=C\CC. The molecule has 0 bridgehead atoms. The molecule has 0 radical (unpaired) electrons. The Labute approximate surface area is 605 Å². The number of carbonyl (C=O) groups excluding carboxylic acids is 4. The van der Waals surface area contributed by atoms with E-state index >= 15 is 0 Å². The van der Waals surface area contributed by atoms with Crippen molar-refractivity contribution in [2.45, 2.75) is 316 Å². The molecule has 0 aliphatic carbocycles. The molecule has 0 heterocycles. The van der Waals surface area contributed by atoms with Crippen molar-refractivity contribution in [1.82, 2.24) is 0 Å². The van der Waals surface area contributed by atoms with Crippen molar-refractivity contribution in [3.8, 4) is 0 Å². The fraction of sp³-hybridized carbons (Fsp3) is 0.679. The van der Waals surface area contributed by atoms with Gasteiger partial charge in [0.25, 0.3) is 0 Å². The largest absolute Gasteiger partial charge is 0.472 e. The van der Waals surface area contributed by atoms with Gasteiger partial charge in [-0.1, -0.05) is 283 Å². The molecule has 100 heavy (non-hydrogen) atoms. The third kappa shape index (κ3) is 71.6. The normalized spacial score (nSPS) is 14.7. The van der Waals surface area contributed by atoms with Crippen LogP contribution in [-0.4, -0.2) is 96.7 Å². The first-order valence-corrected chi connectivity index (χ1v) is 41.4. The van der Waals surface area contributed by atoms with Gasteiger partial charge < -0.3 is 33.8 Å². The highest BCUT2D eigenvalue weighted by molar-refractivity contribution is 7.47. The second-order valence-electron chi connectivity index (χ2n) is 25.2. The monoisotopic (exact) mass is 1440 g/mol. The van der Waals surface area contributed by atoms with Crippen LogP contribution in [0.25, 0.3) is 0 Å². The molecule has 5 atom stereocenters.